The van der Waals surface area contributed by atoms with E-state index >= 15 is 0 Å². The maximum Gasteiger partial charge on any atom is 0.185 e. The molecule has 0 amide bonds. The minimum Gasteiger partial charge on any atom is -0.347 e. The van der Waals surface area contributed by atoms with E-state index in [2.05, 4.69) is 37.9 Å². The molecule has 1 heterocycles. The van der Waals surface area contributed by atoms with Crippen molar-refractivity contribution in [3.05, 3.63) is 45.4 Å². The highest BCUT2D eigenvalue weighted by atomic mass is 79.9. The molecule has 0 spiro atoms. The van der Waals surface area contributed by atoms with Crippen LogP contribution < -0.4 is 10.6 Å². The molecule has 5 heteroatoms. The molecule has 3 nitrogen and oxygen atoms in total. The highest BCUT2D eigenvalue weighted by molar-refractivity contribution is 9.10. The van der Waals surface area contributed by atoms with Crippen LogP contribution in [0.4, 0.5) is 5.13 Å². The second kappa shape index (κ2) is 5.62. The summed E-state index contributed by atoms with van der Waals surface area (Å²) in [5, 5.41) is 1.01. The molecule has 0 fully saturated rings. The summed E-state index contributed by atoms with van der Waals surface area (Å²) in [6.45, 7) is 1.40. The number of aromatic nitrogens is 1. The lowest BCUT2D eigenvalue weighted by Gasteiger charge is -2.15. The first-order valence-electron chi connectivity index (χ1n) is 5.29. The molecule has 2 rings (SSSR count). The summed E-state index contributed by atoms with van der Waals surface area (Å²) in [5.74, 6) is 0. The lowest BCUT2D eigenvalue weighted by molar-refractivity contribution is 0.913. The Morgan fingerprint density at radius 3 is 2.94 bits per heavy atom. The van der Waals surface area contributed by atoms with Crippen LogP contribution in [0.1, 0.15) is 10.4 Å². The van der Waals surface area contributed by atoms with Crippen LogP contribution >= 0.6 is 27.3 Å². The monoisotopic (exact) mass is 311 g/mol. The smallest absolute Gasteiger partial charge is 0.185 e. The van der Waals surface area contributed by atoms with Gasteiger partial charge in [0.25, 0.3) is 0 Å². The maximum atomic E-state index is 5.58. The van der Waals surface area contributed by atoms with Gasteiger partial charge in [0.05, 0.1) is 0 Å². The molecular formula is C12H14BrN3S. The number of anilines is 1. The van der Waals surface area contributed by atoms with Gasteiger partial charge in [-0.05, 0) is 17.7 Å². The third-order valence-corrected chi connectivity index (χ3v) is 4.01. The third kappa shape index (κ3) is 3.28. The Kier molecular flexibility index (Phi) is 4.15. The van der Waals surface area contributed by atoms with Crippen molar-refractivity contribution in [1.29, 1.82) is 0 Å². The minimum absolute atomic E-state index is 0.558. The fourth-order valence-electron chi connectivity index (χ4n) is 1.54. The molecule has 0 saturated carbocycles. The average Bonchev–Trinajstić information content (AvgIpc) is 2.77. The van der Waals surface area contributed by atoms with E-state index in [-0.39, 0.29) is 0 Å². The van der Waals surface area contributed by atoms with Gasteiger partial charge >= 0.3 is 0 Å². The van der Waals surface area contributed by atoms with Crippen LogP contribution in [0.15, 0.2) is 34.9 Å². The number of nitrogens with zero attached hydrogens (tertiary/aromatic N) is 2. The first-order valence-corrected chi connectivity index (χ1v) is 6.90. The average molecular weight is 312 g/mol. The Morgan fingerprint density at radius 2 is 2.29 bits per heavy atom. The molecule has 0 bridgehead atoms. The molecule has 0 saturated heterocycles. The Morgan fingerprint density at radius 1 is 1.47 bits per heavy atom. The van der Waals surface area contributed by atoms with Gasteiger partial charge in [-0.1, -0.05) is 28.1 Å². The minimum atomic E-state index is 0.558. The molecule has 1 aromatic heterocycles. The normalized spacial score (nSPS) is 10.5. The molecule has 0 unspecified atom stereocenters. The molecule has 2 N–H and O–H groups in total. The van der Waals surface area contributed by atoms with Gasteiger partial charge in [-0.15, -0.1) is 11.3 Å². The van der Waals surface area contributed by atoms with E-state index in [1.165, 1.54) is 5.56 Å². The largest absolute Gasteiger partial charge is 0.347 e. The highest BCUT2D eigenvalue weighted by Gasteiger charge is 2.07. The second-order valence-corrected chi connectivity index (χ2v) is 5.81. The second-order valence-electron chi connectivity index (χ2n) is 3.80. The number of nitrogens with two attached hydrogens (primary N) is 1. The lowest BCUT2D eigenvalue weighted by Crippen LogP contribution is -2.15. The van der Waals surface area contributed by atoms with E-state index in [0.717, 1.165) is 21.0 Å². The Balaban J connectivity index is 2.08. The number of hydrogen-bond donors (Lipinski definition) is 1. The molecule has 0 aliphatic carbocycles. The summed E-state index contributed by atoms with van der Waals surface area (Å²) in [7, 11) is 2.04. The molecule has 0 aliphatic rings. The third-order valence-electron chi connectivity index (χ3n) is 2.38. The number of rotatable bonds is 4. The van der Waals surface area contributed by atoms with Gasteiger partial charge < -0.3 is 10.6 Å². The van der Waals surface area contributed by atoms with Crippen molar-refractivity contribution in [3.8, 4) is 0 Å². The van der Waals surface area contributed by atoms with Gasteiger partial charge in [-0.2, -0.15) is 0 Å². The first-order chi connectivity index (χ1) is 8.19. The number of benzene rings is 1. The fourth-order valence-corrected chi connectivity index (χ4v) is 2.74. The van der Waals surface area contributed by atoms with Crippen molar-refractivity contribution in [2.75, 3.05) is 11.9 Å². The van der Waals surface area contributed by atoms with Crippen molar-refractivity contribution in [2.24, 2.45) is 5.73 Å². The Hall–Kier alpha value is -0.910. The van der Waals surface area contributed by atoms with Gasteiger partial charge in [0.2, 0.25) is 0 Å². The molecule has 0 radical (unpaired) electrons. The van der Waals surface area contributed by atoms with Crippen LogP contribution in [0.25, 0.3) is 0 Å². The molecular weight excluding hydrogens is 298 g/mol. The summed E-state index contributed by atoms with van der Waals surface area (Å²) in [6.07, 6.45) is 1.84. The molecule has 2 aromatic rings. The van der Waals surface area contributed by atoms with Crippen molar-refractivity contribution >= 4 is 32.4 Å². The summed E-state index contributed by atoms with van der Waals surface area (Å²) in [6, 6.07) is 8.30. The topological polar surface area (TPSA) is 42.2 Å². The van der Waals surface area contributed by atoms with Crippen LogP contribution in [0, 0.1) is 0 Å². The van der Waals surface area contributed by atoms with Crippen molar-refractivity contribution < 1.29 is 0 Å². The summed E-state index contributed by atoms with van der Waals surface area (Å²) in [4.78, 5) is 7.60. The predicted octanol–water partition coefficient (Wildman–Crippen LogP) is 3.00. The molecule has 0 atom stereocenters. The molecule has 0 aliphatic heterocycles. The van der Waals surface area contributed by atoms with E-state index in [1.807, 2.05) is 25.4 Å². The van der Waals surface area contributed by atoms with Crippen molar-refractivity contribution in [1.82, 2.24) is 4.98 Å². The van der Waals surface area contributed by atoms with Gasteiger partial charge in [-0.25, -0.2) is 4.98 Å². The van der Waals surface area contributed by atoms with E-state index in [4.69, 9.17) is 5.73 Å². The Bertz CT molecular complexity index is 498. The maximum absolute atomic E-state index is 5.58. The molecule has 1 aromatic carbocycles. The zero-order chi connectivity index (χ0) is 12.3. The summed E-state index contributed by atoms with van der Waals surface area (Å²) >= 11 is 5.12. The number of thiazole rings is 1. The van der Waals surface area contributed by atoms with Crippen LogP contribution in [-0.4, -0.2) is 12.0 Å². The quantitative estimate of drug-likeness (QED) is 0.944. The number of hydrogen-bond acceptors (Lipinski definition) is 4. The molecule has 90 valence electrons. The predicted molar refractivity (Wildman–Crippen MR) is 76.3 cm³/mol. The van der Waals surface area contributed by atoms with Crippen LogP contribution in [0.3, 0.4) is 0 Å². The zero-order valence-corrected chi connectivity index (χ0v) is 12.0. The first kappa shape index (κ1) is 12.5. The number of halogens is 1. The summed E-state index contributed by atoms with van der Waals surface area (Å²) < 4.78 is 1.10. The van der Waals surface area contributed by atoms with Gasteiger partial charge in [0.15, 0.2) is 5.13 Å². The van der Waals surface area contributed by atoms with E-state index < -0.39 is 0 Å². The van der Waals surface area contributed by atoms with E-state index in [1.54, 1.807) is 11.3 Å². The van der Waals surface area contributed by atoms with E-state index in [9.17, 15) is 0 Å². The molecule has 17 heavy (non-hydrogen) atoms. The lowest BCUT2D eigenvalue weighted by atomic mass is 10.2. The fraction of sp³-hybridized carbons (Fsp3) is 0.250. The highest BCUT2D eigenvalue weighted by Crippen LogP contribution is 2.23. The Labute approximate surface area is 113 Å². The van der Waals surface area contributed by atoms with Crippen LogP contribution in [0.5, 0.6) is 0 Å². The summed E-state index contributed by atoms with van der Waals surface area (Å²) in [5.41, 5.74) is 6.84. The zero-order valence-electron chi connectivity index (χ0n) is 9.56. The van der Waals surface area contributed by atoms with Crippen molar-refractivity contribution in [2.45, 2.75) is 13.1 Å². The van der Waals surface area contributed by atoms with Crippen LogP contribution in [-0.2, 0) is 13.1 Å². The van der Waals surface area contributed by atoms with Crippen molar-refractivity contribution in [3.63, 3.8) is 0 Å². The van der Waals surface area contributed by atoms with E-state index in [0.29, 0.717) is 6.54 Å². The van der Waals surface area contributed by atoms with Gasteiger partial charge in [0, 0.05) is 35.7 Å². The van der Waals surface area contributed by atoms with Gasteiger partial charge in [0.1, 0.15) is 0 Å². The van der Waals surface area contributed by atoms with Gasteiger partial charge in [-0.3, -0.25) is 0 Å². The standard InChI is InChI=1S/C12H14BrN3S/c1-16(12-15-7-11(6-14)17-12)8-9-3-2-4-10(13)5-9/h2-5,7H,6,8,14H2,1H3. The van der Waals surface area contributed by atoms with Crippen LogP contribution in [0.2, 0.25) is 0 Å². The SMILES string of the molecule is CN(Cc1cccc(Br)c1)c1ncc(CN)s1.